The number of fused-ring (bicyclic) bond motifs is 1. The van der Waals surface area contributed by atoms with Gasteiger partial charge in [-0.15, -0.1) is 0 Å². The van der Waals surface area contributed by atoms with Crippen molar-refractivity contribution < 1.29 is 4.74 Å². The first-order valence-electron chi connectivity index (χ1n) is 8.36. The van der Waals surface area contributed by atoms with Crippen molar-refractivity contribution in [2.24, 2.45) is 0 Å². The number of likely N-dealkylation sites (N-methyl/N-ethyl adjacent to an activating group) is 1. The quantitative estimate of drug-likeness (QED) is 0.760. The lowest BCUT2D eigenvalue weighted by atomic mass is 10.3. The van der Waals surface area contributed by atoms with Gasteiger partial charge in [-0.3, -0.25) is 0 Å². The van der Waals surface area contributed by atoms with E-state index in [0.29, 0.717) is 0 Å². The number of anilines is 1. The highest BCUT2D eigenvalue weighted by atomic mass is 35.5. The van der Waals surface area contributed by atoms with Gasteiger partial charge in [-0.2, -0.15) is 0 Å². The Balaban J connectivity index is 1.88. The number of aryl methyl sites for hydroxylation is 1. The van der Waals surface area contributed by atoms with Gasteiger partial charge in [-0.25, -0.2) is 4.98 Å². The molecule has 126 valence electrons. The number of ether oxygens (including phenoxy) is 1. The van der Waals surface area contributed by atoms with Crippen LogP contribution in [0.5, 0.6) is 0 Å². The van der Waals surface area contributed by atoms with Crippen LogP contribution < -0.4 is 4.90 Å². The lowest BCUT2D eigenvalue weighted by Gasteiger charge is -2.33. The largest absolute Gasteiger partial charge is 0.382 e. The summed E-state index contributed by atoms with van der Waals surface area (Å²) in [7, 11) is 2.17. The molecule has 2 heterocycles. The zero-order valence-corrected chi connectivity index (χ0v) is 14.7. The topological polar surface area (TPSA) is 33.5 Å². The minimum absolute atomic E-state index is 0.737. The molecular weight excluding hydrogens is 312 g/mol. The normalized spacial score (nSPS) is 16.4. The van der Waals surface area contributed by atoms with Crippen LogP contribution >= 0.6 is 11.6 Å². The van der Waals surface area contributed by atoms with E-state index in [1.807, 2.05) is 19.1 Å². The molecule has 5 nitrogen and oxygen atoms in total. The van der Waals surface area contributed by atoms with Crippen LogP contribution in [0.1, 0.15) is 13.3 Å². The smallest absolute Gasteiger partial charge is 0.206 e. The summed E-state index contributed by atoms with van der Waals surface area (Å²) in [5.74, 6) is 1.06. The second-order valence-electron chi connectivity index (χ2n) is 6.04. The number of hydrogen-bond donors (Lipinski definition) is 0. The van der Waals surface area contributed by atoms with Crippen molar-refractivity contribution >= 4 is 28.6 Å². The molecule has 1 fully saturated rings. The van der Waals surface area contributed by atoms with Crippen LogP contribution in [0.25, 0.3) is 11.0 Å². The molecule has 0 saturated carbocycles. The zero-order chi connectivity index (χ0) is 16.2. The molecule has 0 bridgehead atoms. The van der Waals surface area contributed by atoms with E-state index < -0.39 is 0 Å². The summed E-state index contributed by atoms with van der Waals surface area (Å²) < 4.78 is 7.80. The maximum atomic E-state index is 6.14. The summed E-state index contributed by atoms with van der Waals surface area (Å²) in [5.41, 5.74) is 2.13. The first kappa shape index (κ1) is 16.6. The number of rotatable bonds is 6. The zero-order valence-electron chi connectivity index (χ0n) is 14.0. The Bertz CT molecular complexity index is 649. The van der Waals surface area contributed by atoms with Gasteiger partial charge in [-0.05, 0) is 38.6 Å². The van der Waals surface area contributed by atoms with Crippen molar-refractivity contribution in [2.45, 2.75) is 19.9 Å². The average Bonchev–Trinajstić information content (AvgIpc) is 2.90. The van der Waals surface area contributed by atoms with Crippen molar-refractivity contribution in [2.75, 3.05) is 51.3 Å². The Labute approximate surface area is 142 Å². The highest BCUT2D eigenvalue weighted by Crippen LogP contribution is 2.26. The van der Waals surface area contributed by atoms with Crippen LogP contribution in [0.2, 0.25) is 5.02 Å². The van der Waals surface area contributed by atoms with Gasteiger partial charge in [0.25, 0.3) is 0 Å². The maximum absolute atomic E-state index is 6.14. The van der Waals surface area contributed by atoms with Crippen molar-refractivity contribution in [3.05, 3.63) is 23.2 Å². The molecule has 0 N–H and O–H groups in total. The SMILES string of the molecule is CCOCCCn1c(N2CCN(C)CC2)nc2cc(Cl)ccc21. The van der Waals surface area contributed by atoms with Gasteiger partial charge in [0.2, 0.25) is 5.95 Å². The predicted octanol–water partition coefficient (Wildman–Crippen LogP) is 2.87. The van der Waals surface area contributed by atoms with Crippen LogP contribution in [-0.2, 0) is 11.3 Å². The number of benzene rings is 1. The molecule has 1 aliphatic rings. The van der Waals surface area contributed by atoms with Crippen molar-refractivity contribution in [1.82, 2.24) is 14.5 Å². The molecular formula is C17H25ClN4O. The summed E-state index contributed by atoms with van der Waals surface area (Å²) >= 11 is 6.14. The molecule has 0 atom stereocenters. The van der Waals surface area contributed by atoms with Gasteiger partial charge in [0.05, 0.1) is 11.0 Å². The summed E-state index contributed by atoms with van der Waals surface area (Å²) in [5, 5.41) is 0.737. The number of hydrogen-bond acceptors (Lipinski definition) is 4. The number of imidazole rings is 1. The minimum Gasteiger partial charge on any atom is -0.382 e. The van der Waals surface area contributed by atoms with E-state index in [1.165, 1.54) is 0 Å². The number of aromatic nitrogens is 2. The Hall–Kier alpha value is -1.30. The summed E-state index contributed by atoms with van der Waals surface area (Å²) in [6.07, 6.45) is 0.989. The fraction of sp³-hybridized carbons (Fsp3) is 0.588. The molecule has 1 aliphatic heterocycles. The maximum Gasteiger partial charge on any atom is 0.206 e. The Morgan fingerprint density at radius 1 is 1.22 bits per heavy atom. The number of halogens is 1. The lowest BCUT2D eigenvalue weighted by molar-refractivity contribution is 0.142. The molecule has 0 unspecified atom stereocenters. The highest BCUT2D eigenvalue weighted by molar-refractivity contribution is 6.31. The Morgan fingerprint density at radius 2 is 2.00 bits per heavy atom. The third-order valence-electron chi connectivity index (χ3n) is 4.35. The number of piperazine rings is 1. The standard InChI is InChI=1S/C17H25ClN4O/c1-3-23-12-4-7-22-16-6-5-14(18)13-15(16)19-17(22)21-10-8-20(2)9-11-21/h5-6,13H,3-4,7-12H2,1-2H3. The van der Waals surface area contributed by atoms with Crippen LogP contribution in [0.3, 0.4) is 0 Å². The van der Waals surface area contributed by atoms with Crippen LogP contribution in [0.15, 0.2) is 18.2 Å². The molecule has 1 aromatic carbocycles. The Morgan fingerprint density at radius 3 is 2.74 bits per heavy atom. The third kappa shape index (κ3) is 3.79. The molecule has 0 radical (unpaired) electrons. The molecule has 23 heavy (non-hydrogen) atoms. The van der Waals surface area contributed by atoms with E-state index in [-0.39, 0.29) is 0 Å². The molecule has 6 heteroatoms. The lowest BCUT2D eigenvalue weighted by Crippen LogP contribution is -2.45. The third-order valence-corrected chi connectivity index (χ3v) is 4.59. The predicted molar refractivity (Wildman–Crippen MR) is 95.6 cm³/mol. The van der Waals surface area contributed by atoms with Gasteiger partial charge in [-0.1, -0.05) is 11.6 Å². The van der Waals surface area contributed by atoms with Gasteiger partial charge in [0.15, 0.2) is 0 Å². The van der Waals surface area contributed by atoms with Gasteiger partial charge >= 0.3 is 0 Å². The number of nitrogens with zero attached hydrogens (tertiary/aromatic N) is 4. The first-order valence-corrected chi connectivity index (χ1v) is 8.74. The minimum atomic E-state index is 0.737. The van der Waals surface area contributed by atoms with Crippen LogP contribution in [0.4, 0.5) is 5.95 Å². The Kier molecular flexibility index (Phi) is 5.41. The van der Waals surface area contributed by atoms with Crippen molar-refractivity contribution in [3.63, 3.8) is 0 Å². The fourth-order valence-electron chi connectivity index (χ4n) is 3.03. The molecule has 0 aliphatic carbocycles. The van der Waals surface area contributed by atoms with Crippen molar-refractivity contribution in [3.8, 4) is 0 Å². The highest BCUT2D eigenvalue weighted by Gasteiger charge is 2.20. The molecule has 0 spiro atoms. The van der Waals surface area contributed by atoms with Gasteiger partial charge < -0.3 is 19.1 Å². The van der Waals surface area contributed by atoms with E-state index >= 15 is 0 Å². The fourth-order valence-corrected chi connectivity index (χ4v) is 3.19. The average molecular weight is 337 g/mol. The van der Waals surface area contributed by atoms with E-state index in [9.17, 15) is 0 Å². The van der Waals surface area contributed by atoms with Crippen LogP contribution in [0, 0.1) is 0 Å². The molecule has 3 rings (SSSR count). The van der Waals surface area contributed by atoms with Crippen LogP contribution in [-0.4, -0.2) is 60.9 Å². The first-order chi connectivity index (χ1) is 11.2. The second-order valence-corrected chi connectivity index (χ2v) is 6.47. The van der Waals surface area contributed by atoms with Crippen molar-refractivity contribution in [1.29, 1.82) is 0 Å². The summed E-state index contributed by atoms with van der Waals surface area (Å²) in [6, 6.07) is 5.97. The van der Waals surface area contributed by atoms with E-state index in [4.69, 9.17) is 21.3 Å². The van der Waals surface area contributed by atoms with E-state index in [2.05, 4.69) is 27.5 Å². The van der Waals surface area contributed by atoms with E-state index in [0.717, 1.165) is 74.4 Å². The summed E-state index contributed by atoms with van der Waals surface area (Å²) in [4.78, 5) is 9.61. The van der Waals surface area contributed by atoms with Gasteiger partial charge in [0.1, 0.15) is 0 Å². The summed E-state index contributed by atoms with van der Waals surface area (Å²) in [6.45, 7) is 8.67. The molecule has 1 aromatic heterocycles. The monoisotopic (exact) mass is 336 g/mol. The van der Waals surface area contributed by atoms with Gasteiger partial charge in [0, 0.05) is 51.0 Å². The molecule has 1 saturated heterocycles. The molecule has 2 aromatic rings. The molecule has 0 amide bonds. The second kappa shape index (κ2) is 7.51. The van der Waals surface area contributed by atoms with E-state index in [1.54, 1.807) is 0 Å².